The summed E-state index contributed by atoms with van der Waals surface area (Å²) in [6.45, 7) is 1.14. The molecule has 11 heteroatoms. The lowest BCUT2D eigenvalue weighted by Crippen LogP contribution is -2.46. The van der Waals surface area contributed by atoms with E-state index >= 15 is 0 Å². The van der Waals surface area contributed by atoms with Crippen LogP contribution in [0.5, 0.6) is 0 Å². The molecule has 2 aromatic rings. The zero-order chi connectivity index (χ0) is 21.0. The molecular weight excluding hydrogens is 421 g/mol. The van der Waals surface area contributed by atoms with E-state index in [4.69, 9.17) is 28.3 Å². The highest BCUT2D eigenvalue weighted by Crippen LogP contribution is 2.25. The zero-order valence-electron chi connectivity index (χ0n) is 15.2. The number of halogens is 2. The Balaban J connectivity index is 1.62. The Morgan fingerprint density at radius 1 is 1.17 bits per heavy atom. The molecule has 9 nitrogen and oxygen atoms in total. The largest absolute Gasteiger partial charge is 0.480 e. The molecule has 0 bridgehead atoms. The average molecular weight is 440 g/mol. The van der Waals surface area contributed by atoms with E-state index < -0.39 is 17.8 Å². The number of carbonyl (C=O) groups is 3. The Bertz CT molecular complexity index is 904. The number of carboxylic acid groups (broad SMARTS) is 1. The maximum Gasteiger partial charge on any atom is 0.317 e. The Morgan fingerprint density at radius 2 is 1.83 bits per heavy atom. The number of H-pyrrole nitrogens is 1. The van der Waals surface area contributed by atoms with Gasteiger partial charge >= 0.3 is 5.97 Å². The van der Waals surface area contributed by atoms with Crippen molar-refractivity contribution >= 4 is 46.7 Å². The molecule has 1 aliphatic heterocycles. The molecule has 2 amide bonds. The second-order valence-corrected chi connectivity index (χ2v) is 7.43. The Kier molecular flexibility index (Phi) is 6.73. The number of benzene rings is 1. The normalized spacial score (nSPS) is 15.1. The third-order valence-electron chi connectivity index (χ3n) is 4.58. The highest BCUT2D eigenvalue weighted by Gasteiger charge is 2.25. The maximum atomic E-state index is 12.6. The van der Waals surface area contributed by atoms with E-state index in [0.717, 1.165) is 0 Å². The van der Waals surface area contributed by atoms with Crippen LogP contribution in [-0.2, 0) is 4.79 Å². The van der Waals surface area contributed by atoms with Gasteiger partial charge in [-0.1, -0.05) is 29.3 Å². The van der Waals surface area contributed by atoms with Crippen molar-refractivity contribution in [3.05, 3.63) is 45.7 Å². The van der Waals surface area contributed by atoms with Crippen LogP contribution in [0.4, 0.5) is 5.69 Å². The number of aromatic nitrogens is 2. The molecule has 29 heavy (non-hydrogen) atoms. The molecule has 0 aliphatic carbocycles. The van der Waals surface area contributed by atoms with Crippen molar-refractivity contribution in [3.8, 4) is 0 Å². The van der Waals surface area contributed by atoms with Crippen LogP contribution < -0.4 is 10.6 Å². The van der Waals surface area contributed by atoms with Crippen LogP contribution in [-0.4, -0.2) is 63.7 Å². The standard InChI is InChI=1S/C18H19Cl2N5O4/c19-11-2-1-3-12(20)15(11)17(28)23-13-8-21-24-16(13)18(29)22-10-4-6-25(7-5-10)9-14(26)27/h1-3,8,10H,4-7,9H2,(H,21,24)(H,22,29)(H,23,28)(H,26,27). The lowest BCUT2D eigenvalue weighted by molar-refractivity contribution is -0.138. The molecule has 2 heterocycles. The SMILES string of the molecule is O=C(O)CN1CCC(NC(=O)c2n[nH]cc2NC(=O)c2c(Cl)cccc2Cl)CC1. The van der Waals surface area contributed by atoms with E-state index in [1.807, 2.05) is 4.90 Å². The number of nitrogens with one attached hydrogen (secondary N) is 3. The predicted molar refractivity (Wildman–Crippen MR) is 108 cm³/mol. The summed E-state index contributed by atoms with van der Waals surface area (Å²) in [5, 5.41) is 21.2. The van der Waals surface area contributed by atoms with Gasteiger partial charge in [0.15, 0.2) is 5.69 Å². The number of amides is 2. The molecule has 1 aromatic heterocycles. The van der Waals surface area contributed by atoms with E-state index in [1.54, 1.807) is 18.2 Å². The van der Waals surface area contributed by atoms with Crippen molar-refractivity contribution in [2.45, 2.75) is 18.9 Å². The highest BCUT2D eigenvalue weighted by molar-refractivity contribution is 6.40. The molecule has 1 fully saturated rings. The number of anilines is 1. The number of hydrogen-bond acceptors (Lipinski definition) is 5. The summed E-state index contributed by atoms with van der Waals surface area (Å²) in [5.41, 5.74) is 0.343. The number of aromatic amines is 1. The third-order valence-corrected chi connectivity index (χ3v) is 5.21. The summed E-state index contributed by atoms with van der Waals surface area (Å²) in [4.78, 5) is 37.7. The minimum Gasteiger partial charge on any atom is -0.480 e. The smallest absolute Gasteiger partial charge is 0.317 e. The number of carboxylic acids is 1. The second kappa shape index (κ2) is 9.25. The van der Waals surface area contributed by atoms with Crippen LogP contribution in [0.2, 0.25) is 10.0 Å². The topological polar surface area (TPSA) is 127 Å². The number of carbonyl (C=O) groups excluding carboxylic acids is 2. The van der Waals surface area contributed by atoms with Gasteiger partial charge < -0.3 is 15.7 Å². The summed E-state index contributed by atoms with van der Waals surface area (Å²) < 4.78 is 0. The summed E-state index contributed by atoms with van der Waals surface area (Å²) in [7, 11) is 0. The van der Waals surface area contributed by atoms with Crippen molar-refractivity contribution in [3.63, 3.8) is 0 Å². The Hall–Kier alpha value is -2.62. The monoisotopic (exact) mass is 439 g/mol. The number of likely N-dealkylation sites (tertiary alicyclic amines) is 1. The number of nitrogens with zero attached hydrogens (tertiary/aromatic N) is 2. The zero-order valence-corrected chi connectivity index (χ0v) is 16.8. The van der Waals surface area contributed by atoms with Crippen LogP contribution in [0.25, 0.3) is 0 Å². The van der Waals surface area contributed by atoms with Gasteiger partial charge in [-0.25, -0.2) is 0 Å². The summed E-state index contributed by atoms with van der Waals surface area (Å²) in [6.07, 6.45) is 2.65. The van der Waals surface area contributed by atoms with E-state index in [2.05, 4.69) is 20.8 Å². The van der Waals surface area contributed by atoms with Gasteiger partial charge in [-0.15, -0.1) is 0 Å². The van der Waals surface area contributed by atoms with Crippen LogP contribution in [0.1, 0.15) is 33.7 Å². The van der Waals surface area contributed by atoms with Crippen LogP contribution >= 0.6 is 23.2 Å². The fourth-order valence-electron chi connectivity index (χ4n) is 3.14. The minimum absolute atomic E-state index is 0.0131. The van der Waals surface area contributed by atoms with Crippen LogP contribution in [0.15, 0.2) is 24.4 Å². The molecule has 1 aromatic carbocycles. The fourth-order valence-corrected chi connectivity index (χ4v) is 3.71. The molecule has 0 unspecified atom stereocenters. The summed E-state index contributed by atoms with van der Waals surface area (Å²) in [5.74, 6) is -1.87. The van der Waals surface area contributed by atoms with Crippen LogP contribution in [0, 0.1) is 0 Å². The Labute approximate surface area is 176 Å². The Morgan fingerprint density at radius 3 is 2.45 bits per heavy atom. The molecular formula is C18H19Cl2N5O4. The van der Waals surface area contributed by atoms with Crippen molar-refractivity contribution in [2.75, 3.05) is 25.0 Å². The van der Waals surface area contributed by atoms with Crippen molar-refractivity contribution in [1.82, 2.24) is 20.4 Å². The van der Waals surface area contributed by atoms with Crippen molar-refractivity contribution in [1.29, 1.82) is 0 Å². The molecule has 1 saturated heterocycles. The van der Waals surface area contributed by atoms with E-state index in [9.17, 15) is 14.4 Å². The molecule has 3 rings (SSSR count). The molecule has 4 N–H and O–H groups in total. The van der Waals surface area contributed by atoms with Crippen molar-refractivity contribution < 1.29 is 19.5 Å². The van der Waals surface area contributed by atoms with Gasteiger partial charge in [0.1, 0.15) is 0 Å². The average Bonchev–Trinajstić information content (AvgIpc) is 3.11. The maximum absolute atomic E-state index is 12.6. The number of piperidine rings is 1. The summed E-state index contributed by atoms with van der Waals surface area (Å²) in [6, 6.07) is 4.61. The first-order valence-corrected chi connectivity index (χ1v) is 9.65. The van der Waals surface area contributed by atoms with Gasteiger partial charge in [-0.05, 0) is 25.0 Å². The number of rotatable bonds is 6. The van der Waals surface area contributed by atoms with Gasteiger partial charge in [0.2, 0.25) is 0 Å². The van der Waals surface area contributed by atoms with Gasteiger partial charge in [0.05, 0.1) is 27.8 Å². The fraction of sp³-hybridized carbons (Fsp3) is 0.333. The molecule has 0 saturated carbocycles. The molecule has 154 valence electrons. The first kappa shape index (κ1) is 21.1. The predicted octanol–water partition coefficient (Wildman–Crippen LogP) is 2.25. The summed E-state index contributed by atoms with van der Waals surface area (Å²) >= 11 is 12.1. The first-order chi connectivity index (χ1) is 13.8. The number of hydrogen-bond donors (Lipinski definition) is 4. The molecule has 1 aliphatic rings. The highest BCUT2D eigenvalue weighted by atomic mass is 35.5. The lowest BCUT2D eigenvalue weighted by Gasteiger charge is -2.31. The van der Waals surface area contributed by atoms with Gasteiger partial charge in [-0.2, -0.15) is 5.10 Å². The van der Waals surface area contributed by atoms with E-state index in [1.165, 1.54) is 6.20 Å². The van der Waals surface area contributed by atoms with Crippen LogP contribution in [0.3, 0.4) is 0 Å². The van der Waals surface area contributed by atoms with E-state index in [0.29, 0.717) is 25.9 Å². The van der Waals surface area contributed by atoms with Gasteiger partial charge in [-0.3, -0.25) is 24.4 Å². The molecule has 0 radical (unpaired) electrons. The third kappa shape index (κ3) is 5.26. The molecule has 0 spiro atoms. The van der Waals surface area contributed by atoms with E-state index in [-0.39, 0.29) is 39.6 Å². The number of aliphatic carboxylic acids is 1. The lowest BCUT2D eigenvalue weighted by atomic mass is 10.0. The first-order valence-electron chi connectivity index (χ1n) is 8.89. The molecule has 0 atom stereocenters. The second-order valence-electron chi connectivity index (χ2n) is 6.62. The van der Waals surface area contributed by atoms with Crippen molar-refractivity contribution in [2.24, 2.45) is 0 Å². The minimum atomic E-state index is -0.872. The van der Waals surface area contributed by atoms with Gasteiger partial charge in [0, 0.05) is 25.3 Å². The quantitative estimate of drug-likeness (QED) is 0.546. The van der Waals surface area contributed by atoms with Gasteiger partial charge in [0.25, 0.3) is 11.8 Å².